The molecule has 2 aliphatic rings. The quantitative estimate of drug-likeness (QED) is 0.719. The van der Waals surface area contributed by atoms with Gasteiger partial charge in [-0.1, -0.05) is 13.3 Å². The number of hydrogen-bond acceptors (Lipinski definition) is 2. The Bertz CT molecular complexity index is 171. The molecule has 0 amide bonds. The molecule has 2 bridgehead atoms. The molecule has 2 rings (SSSR count). The molecule has 0 aliphatic carbocycles. The van der Waals surface area contributed by atoms with Crippen molar-refractivity contribution >= 4 is 0 Å². The fraction of sp³-hybridized carbons (Fsp3) is 1.00. The zero-order chi connectivity index (χ0) is 9.26. The highest BCUT2D eigenvalue weighted by Gasteiger charge is 2.43. The molecular formula is C11H21NO. The molecule has 0 radical (unpaired) electrons. The third-order valence-corrected chi connectivity index (χ3v) is 3.64. The molecule has 0 aromatic carbocycles. The van der Waals surface area contributed by atoms with Crippen molar-refractivity contribution in [3.8, 4) is 0 Å². The maximum Gasteiger partial charge on any atom is 0.0623 e. The lowest BCUT2D eigenvalue weighted by atomic mass is 9.82. The number of nitrogens with one attached hydrogen (secondary N) is 1. The molecule has 2 nitrogen and oxygen atoms in total. The maximum atomic E-state index is 5.87. The van der Waals surface area contributed by atoms with Crippen molar-refractivity contribution in [3.05, 3.63) is 0 Å². The Morgan fingerprint density at radius 2 is 2.31 bits per heavy atom. The molecule has 2 heteroatoms. The molecule has 76 valence electrons. The summed E-state index contributed by atoms with van der Waals surface area (Å²) in [5, 5.41) is 3.45. The monoisotopic (exact) mass is 183 g/mol. The van der Waals surface area contributed by atoms with Crippen LogP contribution in [0.2, 0.25) is 0 Å². The van der Waals surface area contributed by atoms with Crippen LogP contribution >= 0.6 is 0 Å². The topological polar surface area (TPSA) is 21.3 Å². The Balaban J connectivity index is 1.92. The summed E-state index contributed by atoms with van der Waals surface area (Å²) in [5.41, 5.74) is 0. The van der Waals surface area contributed by atoms with Crippen LogP contribution in [0.15, 0.2) is 0 Å². The summed E-state index contributed by atoms with van der Waals surface area (Å²) in [5.74, 6) is 0.795. The minimum Gasteiger partial charge on any atom is -0.375 e. The van der Waals surface area contributed by atoms with Crippen molar-refractivity contribution in [2.24, 2.45) is 5.92 Å². The first kappa shape index (κ1) is 9.47. The molecule has 1 N–H and O–H groups in total. The summed E-state index contributed by atoms with van der Waals surface area (Å²) < 4.78 is 5.87. The van der Waals surface area contributed by atoms with Gasteiger partial charge in [-0.2, -0.15) is 0 Å². The van der Waals surface area contributed by atoms with Gasteiger partial charge in [0.2, 0.25) is 0 Å². The van der Waals surface area contributed by atoms with E-state index in [4.69, 9.17) is 4.74 Å². The van der Waals surface area contributed by atoms with E-state index in [-0.39, 0.29) is 0 Å². The van der Waals surface area contributed by atoms with Gasteiger partial charge in [0, 0.05) is 12.0 Å². The molecule has 2 aliphatic heterocycles. The zero-order valence-corrected chi connectivity index (χ0v) is 8.75. The van der Waals surface area contributed by atoms with Gasteiger partial charge in [0.1, 0.15) is 0 Å². The van der Waals surface area contributed by atoms with Crippen molar-refractivity contribution in [2.75, 3.05) is 7.05 Å². The fourth-order valence-electron chi connectivity index (χ4n) is 2.98. The predicted octanol–water partition coefficient (Wildman–Crippen LogP) is 1.94. The summed E-state index contributed by atoms with van der Waals surface area (Å²) in [7, 11) is 2.09. The molecule has 0 spiro atoms. The SMILES string of the molecule is CCCC(NC)C1CC2CCC1O2. The fourth-order valence-corrected chi connectivity index (χ4v) is 2.98. The molecule has 0 aromatic rings. The lowest BCUT2D eigenvalue weighted by Crippen LogP contribution is -2.38. The Kier molecular flexibility index (Phi) is 2.89. The van der Waals surface area contributed by atoms with Gasteiger partial charge in [-0.05, 0) is 32.7 Å². The summed E-state index contributed by atoms with van der Waals surface area (Å²) in [4.78, 5) is 0. The van der Waals surface area contributed by atoms with Gasteiger partial charge in [0.15, 0.2) is 0 Å². The molecule has 4 unspecified atom stereocenters. The van der Waals surface area contributed by atoms with E-state index in [0.717, 1.165) is 5.92 Å². The second kappa shape index (κ2) is 3.97. The maximum absolute atomic E-state index is 5.87. The molecule has 13 heavy (non-hydrogen) atoms. The summed E-state index contributed by atoms with van der Waals surface area (Å²) in [6.45, 7) is 2.26. The molecule has 2 heterocycles. The highest BCUT2D eigenvalue weighted by atomic mass is 16.5. The van der Waals surface area contributed by atoms with E-state index in [0.29, 0.717) is 18.2 Å². The molecule has 0 saturated carbocycles. The van der Waals surface area contributed by atoms with E-state index in [1.54, 1.807) is 0 Å². The number of fused-ring (bicyclic) bond motifs is 2. The standard InChI is InChI=1S/C11H21NO/c1-3-4-10(12-2)9-7-8-5-6-11(9)13-8/h8-12H,3-7H2,1-2H3. The highest BCUT2D eigenvalue weighted by molar-refractivity contribution is 4.94. The van der Waals surface area contributed by atoms with Gasteiger partial charge in [0.25, 0.3) is 0 Å². The van der Waals surface area contributed by atoms with E-state index in [2.05, 4.69) is 19.3 Å². The Morgan fingerprint density at radius 3 is 2.77 bits per heavy atom. The predicted molar refractivity (Wildman–Crippen MR) is 53.8 cm³/mol. The van der Waals surface area contributed by atoms with Crippen LogP contribution in [0.1, 0.15) is 39.0 Å². The van der Waals surface area contributed by atoms with E-state index >= 15 is 0 Å². The van der Waals surface area contributed by atoms with Crippen LogP contribution < -0.4 is 5.32 Å². The van der Waals surface area contributed by atoms with E-state index in [9.17, 15) is 0 Å². The van der Waals surface area contributed by atoms with Crippen LogP contribution in [0, 0.1) is 5.92 Å². The van der Waals surface area contributed by atoms with Crippen molar-refractivity contribution in [2.45, 2.75) is 57.3 Å². The van der Waals surface area contributed by atoms with Crippen molar-refractivity contribution in [3.63, 3.8) is 0 Å². The van der Waals surface area contributed by atoms with Crippen LogP contribution in [0.3, 0.4) is 0 Å². The molecular weight excluding hydrogens is 162 g/mol. The molecule has 0 aromatic heterocycles. The first-order chi connectivity index (χ1) is 6.35. The molecule has 2 fully saturated rings. The minimum absolute atomic E-state index is 0.578. The number of ether oxygens (including phenoxy) is 1. The normalized spacial score (nSPS) is 39.7. The highest BCUT2D eigenvalue weighted by Crippen LogP contribution is 2.41. The van der Waals surface area contributed by atoms with Gasteiger partial charge in [0.05, 0.1) is 12.2 Å². The lowest BCUT2D eigenvalue weighted by molar-refractivity contribution is 0.0855. The number of rotatable bonds is 4. The van der Waals surface area contributed by atoms with Crippen LogP contribution in [0.4, 0.5) is 0 Å². The van der Waals surface area contributed by atoms with Gasteiger partial charge in [-0.25, -0.2) is 0 Å². The lowest BCUT2D eigenvalue weighted by Gasteiger charge is -2.27. The summed E-state index contributed by atoms with van der Waals surface area (Å²) in [6.07, 6.45) is 7.67. The minimum atomic E-state index is 0.578. The first-order valence-electron chi connectivity index (χ1n) is 5.68. The van der Waals surface area contributed by atoms with Crippen molar-refractivity contribution in [1.82, 2.24) is 5.32 Å². The second-order valence-electron chi connectivity index (χ2n) is 4.46. The van der Waals surface area contributed by atoms with Crippen molar-refractivity contribution < 1.29 is 4.74 Å². The summed E-state index contributed by atoms with van der Waals surface area (Å²) in [6, 6.07) is 0.695. The third kappa shape index (κ3) is 1.75. The Morgan fingerprint density at radius 1 is 1.46 bits per heavy atom. The first-order valence-corrected chi connectivity index (χ1v) is 5.68. The smallest absolute Gasteiger partial charge is 0.0623 e. The van der Waals surface area contributed by atoms with Crippen LogP contribution in [0.5, 0.6) is 0 Å². The average molecular weight is 183 g/mol. The van der Waals surface area contributed by atoms with E-state index < -0.39 is 0 Å². The van der Waals surface area contributed by atoms with Crippen LogP contribution in [-0.4, -0.2) is 25.3 Å². The Labute approximate surface area is 81.0 Å². The van der Waals surface area contributed by atoms with E-state index in [1.165, 1.54) is 32.1 Å². The molecule has 2 saturated heterocycles. The average Bonchev–Trinajstić information content (AvgIpc) is 2.74. The van der Waals surface area contributed by atoms with Crippen molar-refractivity contribution in [1.29, 1.82) is 0 Å². The van der Waals surface area contributed by atoms with Gasteiger partial charge < -0.3 is 10.1 Å². The largest absolute Gasteiger partial charge is 0.375 e. The van der Waals surface area contributed by atoms with Crippen LogP contribution in [0.25, 0.3) is 0 Å². The second-order valence-corrected chi connectivity index (χ2v) is 4.46. The van der Waals surface area contributed by atoms with E-state index in [1.807, 2.05) is 0 Å². The number of hydrogen-bond donors (Lipinski definition) is 1. The molecule has 4 atom stereocenters. The third-order valence-electron chi connectivity index (χ3n) is 3.64. The van der Waals surface area contributed by atoms with Gasteiger partial charge in [-0.15, -0.1) is 0 Å². The van der Waals surface area contributed by atoms with Crippen LogP contribution in [-0.2, 0) is 4.74 Å². The zero-order valence-electron chi connectivity index (χ0n) is 8.75. The Hall–Kier alpha value is -0.0800. The summed E-state index contributed by atoms with van der Waals surface area (Å²) >= 11 is 0. The van der Waals surface area contributed by atoms with Gasteiger partial charge >= 0.3 is 0 Å². The van der Waals surface area contributed by atoms with Gasteiger partial charge in [-0.3, -0.25) is 0 Å².